The third kappa shape index (κ3) is 2.55. The van der Waals surface area contributed by atoms with Gasteiger partial charge >= 0.3 is 0 Å². The molecule has 0 aliphatic carbocycles. The van der Waals surface area contributed by atoms with Crippen LogP contribution in [-0.2, 0) is 16.0 Å². The van der Waals surface area contributed by atoms with Crippen LogP contribution in [0.5, 0.6) is 0 Å². The molecule has 1 N–H and O–H groups in total. The van der Waals surface area contributed by atoms with E-state index in [2.05, 4.69) is 19.2 Å². The second kappa shape index (κ2) is 5.37. The fourth-order valence-corrected chi connectivity index (χ4v) is 4.54. The highest BCUT2D eigenvalue weighted by Crippen LogP contribution is 2.47. The van der Waals surface area contributed by atoms with Crippen LogP contribution in [0.25, 0.3) is 0 Å². The number of hydrogen-bond donors (Lipinski definition) is 1. The molecule has 1 aromatic carbocycles. The maximum atomic E-state index is 12.5. The second-order valence-electron chi connectivity index (χ2n) is 5.81. The van der Waals surface area contributed by atoms with Crippen LogP contribution >= 0.6 is 11.8 Å². The Bertz CT molecular complexity index is 589. The summed E-state index contributed by atoms with van der Waals surface area (Å²) >= 11 is 1.72. The smallest absolute Gasteiger partial charge is 0.248 e. The molecule has 21 heavy (non-hydrogen) atoms. The minimum absolute atomic E-state index is 0.0743. The summed E-state index contributed by atoms with van der Waals surface area (Å²) < 4.78 is 0. The van der Waals surface area contributed by atoms with Crippen molar-refractivity contribution in [2.75, 3.05) is 11.1 Å². The minimum atomic E-state index is -0.347. The van der Waals surface area contributed by atoms with Gasteiger partial charge in [-0.05, 0) is 37.5 Å². The van der Waals surface area contributed by atoms with E-state index in [1.807, 2.05) is 24.3 Å². The van der Waals surface area contributed by atoms with Gasteiger partial charge in [0.15, 0.2) is 0 Å². The van der Waals surface area contributed by atoms with E-state index in [0.717, 1.165) is 18.5 Å². The number of nitrogens with zero attached hydrogens (tertiary/aromatic N) is 1. The van der Waals surface area contributed by atoms with Gasteiger partial charge in [-0.2, -0.15) is 0 Å². The molecule has 0 aromatic heterocycles. The van der Waals surface area contributed by atoms with Crippen LogP contribution in [-0.4, -0.2) is 33.4 Å². The number of fused-ring (bicyclic) bond motifs is 1. The highest BCUT2D eigenvalue weighted by atomic mass is 32.2. The summed E-state index contributed by atoms with van der Waals surface area (Å²) in [6, 6.07) is 7.53. The molecule has 4 nitrogen and oxygen atoms in total. The van der Waals surface area contributed by atoms with Gasteiger partial charge in [0.1, 0.15) is 6.04 Å². The maximum Gasteiger partial charge on any atom is 0.248 e. The number of thioether (sulfide) groups is 1. The Hall–Kier alpha value is -1.49. The van der Waals surface area contributed by atoms with Gasteiger partial charge in [-0.25, -0.2) is 0 Å². The highest BCUT2D eigenvalue weighted by molar-refractivity contribution is 8.01. The first kappa shape index (κ1) is 14.4. The number of aryl methyl sites for hydroxylation is 1. The summed E-state index contributed by atoms with van der Waals surface area (Å²) in [6.45, 7) is 4.15. The van der Waals surface area contributed by atoms with Crippen molar-refractivity contribution in [2.24, 2.45) is 0 Å². The molecule has 2 fully saturated rings. The van der Waals surface area contributed by atoms with Gasteiger partial charge in [-0.1, -0.05) is 19.1 Å². The number of carbonyl (C=O) groups excluding carboxylic acids is 2. The van der Waals surface area contributed by atoms with Crippen molar-refractivity contribution in [1.29, 1.82) is 0 Å². The van der Waals surface area contributed by atoms with E-state index in [1.165, 1.54) is 5.56 Å². The molecule has 0 saturated carbocycles. The third-order valence-electron chi connectivity index (χ3n) is 4.35. The molecule has 0 radical (unpaired) electrons. The summed E-state index contributed by atoms with van der Waals surface area (Å²) in [4.78, 5) is 26.2. The number of carbonyl (C=O) groups is 2. The Morgan fingerprint density at radius 2 is 2.33 bits per heavy atom. The number of amides is 2. The predicted molar refractivity (Wildman–Crippen MR) is 85.2 cm³/mol. The van der Waals surface area contributed by atoms with E-state index in [1.54, 1.807) is 16.7 Å². The molecular weight excluding hydrogens is 284 g/mol. The zero-order valence-corrected chi connectivity index (χ0v) is 13.2. The lowest BCUT2D eigenvalue weighted by atomic mass is 10.1. The lowest BCUT2D eigenvalue weighted by molar-refractivity contribution is -0.135. The van der Waals surface area contributed by atoms with Crippen LogP contribution in [0, 0.1) is 0 Å². The van der Waals surface area contributed by atoms with Crippen molar-refractivity contribution in [2.45, 2.75) is 44.0 Å². The molecule has 2 heterocycles. The first-order chi connectivity index (χ1) is 10.0. The average molecular weight is 304 g/mol. The summed E-state index contributed by atoms with van der Waals surface area (Å²) in [5.74, 6) is 0.710. The molecule has 2 aliphatic heterocycles. The quantitative estimate of drug-likeness (QED) is 0.934. The zero-order valence-electron chi connectivity index (χ0n) is 12.4. The molecule has 2 atom stereocenters. The standard InChI is InChI=1S/C16H20N2O2S/c1-3-11-5-4-6-12(9-11)17-15(20)13-10-21-16(2)8-7-14(19)18(13)16/h4-6,9,13H,3,7-8,10H2,1-2H3,(H,17,20)/t13-,16-/m0/s1. The number of rotatable bonds is 3. The molecule has 0 unspecified atom stereocenters. The van der Waals surface area contributed by atoms with Gasteiger partial charge in [-0.15, -0.1) is 11.8 Å². The van der Waals surface area contributed by atoms with Gasteiger partial charge in [0.2, 0.25) is 11.8 Å². The molecule has 0 spiro atoms. The van der Waals surface area contributed by atoms with Crippen LogP contribution in [0.2, 0.25) is 0 Å². The Morgan fingerprint density at radius 1 is 1.52 bits per heavy atom. The van der Waals surface area contributed by atoms with Crippen molar-refractivity contribution >= 4 is 29.3 Å². The van der Waals surface area contributed by atoms with Crippen LogP contribution in [0.15, 0.2) is 24.3 Å². The van der Waals surface area contributed by atoms with Crippen molar-refractivity contribution in [1.82, 2.24) is 4.90 Å². The molecule has 3 rings (SSSR count). The van der Waals surface area contributed by atoms with E-state index in [-0.39, 0.29) is 22.7 Å². The minimum Gasteiger partial charge on any atom is -0.324 e. The summed E-state index contributed by atoms with van der Waals surface area (Å²) in [5, 5.41) is 2.96. The van der Waals surface area contributed by atoms with E-state index < -0.39 is 0 Å². The zero-order chi connectivity index (χ0) is 15.0. The normalized spacial score (nSPS) is 27.8. The first-order valence-electron chi connectivity index (χ1n) is 7.39. The van der Waals surface area contributed by atoms with Crippen LogP contribution in [0.3, 0.4) is 0 Å². The molecule has 112 valence electrons. The molecular formula is C16H20N2O2S. The molecule has 0 bridgehead atoms. The van der Waals surface area contributed by atoms with Crippen LogP contribution in [0.1, 0.15) is 32.3 Å². The molecule has 2 aliphatic rings. The molecule has 1 aromatic rings. The molecule has 2 saturated heterocycles. The first-order valence-corrected chi connectivity index (χ1v) is 8.38. The maximum absolute atomic E-state index is 12.5. The fraction of sp³-hybridized carbons (Fsp3) is 0.500. The van der Waals surface area contributed by atoms with E-state index >= 15 is 0 Å². The summed E-state index contributed by atoms with van der Waals surface area (Å²) in [5.41, 5.74) is 2.00. The van der Waals surface area contributed by atoms with Gasteiger partial charge in [0.05, 0.1) is 4.87 Å². The lowest BCUT2D eigenvalue weighted by Gasteiger charge is -2.29. The van der Waals surface area contributed by atoms with Gasteiger partial charge < -0.3 is 10.2 Å². The Morgan fingerprint density at radius 3 is 3.10 bits per heavy atom. The highest BCUT2D eigenvalue weighted by Gasteiger charge is 2.52. The number of benzene rings is 1. The summed E-state index contributed by atoms with van der Waals surface area (Å²) in [6.07, 6.45) is 2.33. The SMILES string of the molecule is CCc1cccc(NC(=O)[C@@H]2CS[C@@]3(C)CCC(=O)N23)c1. The number of nitrogens with one attached hydrogen (secondary N) is 1. The third-order valence-corrected chi connectivity index (χ3v) is 5.86. The Labute approximate surface area is 129 Å². The average Bonchev–Trinajstić information content (AvgIpc) is 2.96. The van der Waals surface area contributed by atoms with Crippen molar-refractivity contribution in [3.8, 4) is 0 Å². The molecule has 2 amide bonds. The Kier molecular flexibility index (Phi) is 3.69. The van der Waals surface area contributed by atoms with Crippen LogP contribution < -0.4 is 5.32 Å². The van der Waals surface area contributed by atoms with Crippen molar-refractivity contribution in [3.63, 3.8) is 0 Å². The van der Waals surface area contributed by atoms with E-state index in [9.17, 15) is 9.59 Å². The number of hydrogen-bond acceptors (Lipinski definition) is 3. The van der Waals surface area contributed by atoms with E-state index in [0.29, 0.717) is 12.2 Å². The van der Waals surface area contributed by atoms with Gasteiger partial charge in [0, 0.05) is 17.9 Å². The largest absolute Gasteiger partial charge is 0.324 e. The van der Waals surface area contributed by atoms with Gasteiger partial charge in [-0.3, -0.25) is 9.59 Å². The topological polar surface area (TPSA) is 49.4 Å². The second-order valence-corrected chi connectivity index (χ2v) is 7.31. The monoisotopic (exact) mass is 304 g/mol. The van der Waals surface area contributed by atoms with Crippen molar-refractivity contribution in [3.05, 3.63) is 29.8 Å². The number of anilines is 1. The summed E-state index contributed by atoms with van der Waals surface area (Å²) in [7, 11) is 0. The Balaban J connectivity index is 1.75. The van der Waals surface area contributed by atoms with Crippen molar-refractivity contribution < 1.29 is 9.59 Å². The molecule has 5 heteroatoms. The van der Waals surface area contributed by atoms with Crippen LogP contribution in [0.4, 0.5) is 5.69 Å². The predicted octanol–water partition coefficient (Wildman–Crippen LogP) is 2.64. The fourth-order valence-electron chi connectivity index (χ4n) is 3.11. The van der Waals surface area contributed by atoms with E-state index in [4.69, 9.17) is 0 Å². The lowest BCUT2D eigenvalue weighted by Crippen LogP contribution is -2.48. The van der Waals surface area contributed by atoms with Gasteiger partial charge in [0.25, 0.3) is 0 Å².